The second kappa shape index (κ2) is 11.9. The lowest BCUT2D eigenvalue weighted by atomic mass is 9.79. The van der Waals surface area contributed by atoms with Crippen molar-refractivity contribution in [3.63, 3.8) is 0 Å². The average molecular weight is 385 g/mol. The van der Waals surface area contributed by atoms with Gasteiger partial charge in [-0.05, 0) is 61.3 Å². The number of methoxy groups -OCH3 is 1. The predicted octanol–water partition coefficient (Wildman–Crippen LogP) is 2.43. The second-order valence-corrected chi connectivity index (χ2v) is 6.65. The Balaban J connectivity index is 0.00000122. The number of allylic oxidation sites excluding steroid dienone is 4. The van der Waals surface area contributed by atoms with Crippen LogP contribution in [0.15, 0.2) is 44.9 Å². The molecule has 1 unspecified atom stereocenters. The van der Waals surface area contributed by atoms with Crippen molar-refractivity contribution in [2.75, 3.05) is 27.8 Å². The summed E-state index contributed by atoms with van der Waals surface area (Å²) in [6.07, 6.45) is 17.4. The summed E-state index contributed by atoms with van der Waals surface area (Å²) in [5.41, 5.74) is 8.25. The maximum absolute atomic E-state index is 12.1. The molecule has 0 aliphatic heterocycles. The number of hydrogen-bond acceptors (Lipinski definition) is 4. The van der Waals surface area contributed by atoms with Crippen molar-refractivity contribution in [3.8, 4) is 12.3 Å². The van der Waals surface area contributed by atoms with Gasteiger partial charge in [0.05, 0.1) is 6.61 Å². The van der Waals surface area contributed by atoms with E-state index in [2.05, 4.69) is 39.8 Å². The van der Waals surface area contributed by atoms with E-state index in [1.165, 1.54) is 0 Å². The lowest BCUT2D eigenvalue weighted by Gasteiger charge is -2.34. The van der Waals surface area contributed by atoms with Crippen LogP contribution in [0.5, 0.6) is 0 Å². The molecular weight excluding hydrogens is 352 g/mol. The Labute approximate surface area is 168 Å². The first-order chi connectivity index (χ1) is 13.5. The van der Waals surface area contributed by atoms with Gasteiger partial charge in [0, 0.05) is 27.4 Å². The van der Waals surface area contributed by atoms with Crippen LogP contribution >= 0.6 is 0 Å². The predicted molar refractivity (Wildman–Crippen MR) is 116 cm³/mol. The smallest absolute Gasteiger partial charge is 0.189 e. The summed E-state index contributed by atoms with van der Waals surface area (Å²) in [5.74, 6) is 2.81. The zero-order valence-electron chi connectivity index (χ0n) is 17.4. The Morgan fingerprint density at radius 2 is 2.18 bits per heavy atom. The van der Waals surface area contributed by atoms with Crippen LogP contribution in [0.1, 0.15) is 32.6 Å². The molecule has 0 bridgehead atoms. The number of hydrogen-bond donors (Lipinski definition) is 2. The van der Waals surface area contributed by atoms with Gasteiger partial charge in [0.2, 0.25) is 0 Å². The molecule has 6 nitrogen and oxygen atoms in total. The molecular formula is C22H32N4O2. The van der Waals surface area contributed by atoms with Crippen molar-refractivity contribution in [3.05, 3.63) is 34.9 Å². The molecule has 2 rings (SSSR count). The molecule has 1 saturated carbocycles. The monoisotopic (exact) mass is 384 g/mol. The molecule has 0 saturated heterocycles. The zero-order valence-corrected chi connectivity index (χ0v) is 17.4. The van der Waals surface area contributed by atoms with Crippen LogP contribution < -0.4 is 11.1 Å². The van der Waals surface area contributed by atoms with Crippen LogP contribution in [-0.4, -0.2) is 51.8 Å². The van der Waals surface area contributed by atoms with E-state index in [-0.39, 0.29) is 5.92 Å². The van der Waals surface area contributed by atoms with E-state index in [1.54, 1.807) is 28.1 Å². The highest BCUT2D eigenvalue weighted by Gasteiger charge is 2.48. The third-order valence-electron chi connectivity index (χ3n) is 4.69. The molecule has 0 heterocycles. The number of carbonyl (C=O) groups excluding carboxylic acids is 1. The summed E-state index contributed by atoms with van der Waals surface area (Å²) in [6, 6.07) is 0. The number of guanidine groups is 1. The molecule has 0 amide bonds. The van der Waals surface area contributed by atoms with Crippen LogP contribution in [-0.2, 0) is 9.53 Å². The summed E-state index contributed by atoms with van der Waals surface area (Å²) in [4.78, 5) is 20.3. The van der Waals surface area contributed by atoms with Gasteiger partial charge in [-0.15, -0.1) is 12.3 Å². The highest BCUT2D eigenvalue weighted by Crippen LogP contribution is 2.45. The van der Waals surface area contributed by atoms with Gasteiger partial charge >= 0.3 is 0 Å². The molecule has 0 radical (unpaired) electrons. The Bertz CT molecular complexity index is 721. The minimum absolute atomic E-state index is 0.266. The lowest BCUT2D eigenvalue weighted by molar-refractivity contribution is -0.112. The number of carbonyl (C=O) groups is 1. The van der Waals surface area contributed by atoms with E-state index in [9.17, 15) is 4.79 Å². The molecule has 2 aliphatic carbocycles. The van der Waals surface area contributed by atoms with Crippen molar-refractivity contribution in [2.24, 2.45) is 21.6 Å². The van der Waals surface area contributed by atoms with Crippen molar-refractivity contribution < 1.29 is 9.53 Å². The number of ether oxygens (including phenoxy) is 1. The molecule has 1 fully saturated rings. The Kier molecular flexibility index (Phi) is 9.97. The number of nitrogens with zero attached hydrogens (tertiary/aromatic N) is 2. The molecule has 0 aromatic rings. The van der Waals surface area contributed by atoms with E-state index in [0.717, 1.165) is 48.7 Å². The second-order valence-electron chi connectivity index (χ2n) is 6.65. The summed E-state index contributed by atoms with van der Waals surface area (Å²) in [7, 11) is 5.03. The number of rotatable bonds is 8. The van der Waals surface area contributed by atoms with Gasteiger partial charge in [0.25, 0.3) is 0 Å². The standard InChI is InChI=1S/C19H28N4O2.C3H4/c1-21-12-15(9-10-25-3)14-5-4-6-17(11-14)19(13-24,16-7-8-16)23-18(20)22-2;1-3-2/h5,9,11-13,16H,4,6-8,10H2,1-3H3,(H3,20,22,23);1H,2H3/b15-9+,21-12?;. The molecule has 2 aliphatic rings. The van der Waals surface area contributed by atoms with Gasteiger partial charge in [-0.2, -0.15) is 0 Å². The summed E-state index contributed by atoms with van der Waals surface area (Å²) < 4.78 is 5.15. The fraction of sp³-hybridized carbons (Fsp3) is 0.500. The maximum atomic E-state index is 12.1. The van der Waals surface area contributed by atoms with Gasteiger partial charge in [0.15, 0.2) is 5.96 Å². The minimum Gasteiger partial charge on any atom is -0.381 e. The van der Waals surface area contributed by atoms with Crippen molar-refractivity contribution in [1.29, 1.82) is 0 Å². The SMILES string of the molecule is C#CC.CN=C/C(=C\COC)C1=CCCC(C(C=O)(NC(N)=NC)C2CC2)=C1. The maximum Gasteiger partial charge on any atom is 0.189 e. The molecule has 6 heteroatoms. The third kappa shape index (κ3) is 6.21. The fourth-order valence-corrected chi connectivity index (χ4v) is 3.24. The van der Waals surface area contributed by atoms with E-state index < -0.39 is 5.54 Å². The summed E-state index contributed by atoms with van der Waals surface area (Å²) >= 11 is 0. The molecule has 0 spiro atoms. The zero-order chi connectivity index (χ0) is 21.0. The van der Waals surface area contributed by atoms with E-state index in [4.69, 9.17) is 10.5 Å². The van der Waals surface area contributed by atoms with Crippen molar-refractivity contribution >= 4 is 18.5 Å². The van der Waals surface area contributed by atoms with Crippen molar-refractivity contribution in [1.82, 2.24) is 5.32 Å². The molecule has 28 heavy (non-hydrogen) atoms. The largest absolute Gasteiger partial charge is 0.381 e. The van der Waals surface area contributed by atoms with Gasteiger partial charge in [0.1, 0.15) is 11.8 Å². The van der Waals surface area contributed by atoms with Crippen molar-refractivity contribution in [2.45, 2.75) is 38.1 Å². The number of terminal acetylenes is 1. The van der Waals surface area contributed by atoms with Crippen LogP contribution in [0.25, 0.3) is 0 Å². The average Bonchev–Trinajstić information content (AvgIpc) is 3.55. The minimum atomic E-state index is -0.765. The van der Waals surface area contributed by atoms with Gasteiger partial charge < -0.3 is 20.6 Å². The molecule has 3 N–H and O–H groups in total. The quantitative estimate of drug-likeness (QED) is 0.291. The van der Waals surface area contributed by atoms with Gasteiger partial charge in [-0.3, -0.25) is 9.98 Å². The molecule has 0 aromatic heterocycles. The third-order valence-corrected chi connectivity index (χ3v) is 4.69. The lowest BCUT2D eigenvalue weighted by Crippen LogP contribution is -2.55. The van der Waals surface area contributed by atoms with Gasteiger partial charge in [-0.1, -0.05) is 12.2 Å². The first-order valence-electron chi connectivity index (χ1n) is 9.39. The summed E-state index contributed by atoms with van der Waals surface area (Å²) in [5, 5.41) is 3.18. The highest BCUT2D eigenvalue weighted by atomic mass is 16.5. The highest BCUT2D eigenvalue weighted by molar-refractivity contribution is 5.88. The Morgan fingerprint density at radius 1 is 1.50 bits per heavy atom. The first-order valence-corrected chi connectivity index (χ1v) is 9.39. The Hall–Kier alpha value is -2.65. The van der Waals surface area contributed by atoms with Crippen LogP contribution in [0.3, 0.4) is 0 Å². The van der Waals surface area contributed by atoms with E-state index in [0.29, 0.717) is 12.6 Å². The molecule has 1 atom stereocenters. The van der Waals surface area contributed by atoms with Crippen LogP contribution in [0.2, 0.25) is 0 Å². The number of aliphatic imine (C=N–C) groups is 2. The Morgan fingerprint density at radius 3 is 2.68 bits per heavy atom. The molecule has 0 aromatic carbocycles. The fourth-order valence-electron chi connectivity index (χ4n) is 3.24. The van der Waals surface area contributed by atoms with E-state index >= 15 is 0 Å². The number of nitrogens with one attached hydrogen (secondary N) is 1. The van der Waals surface area contributed by atoms with Crippen LogP contribution in [0, 0.1) is 18.3 Å². The van der Waals surface area contributed by atoms with E-state index in [1.807, 2.05) is 12.3 Å². The first kappa shape index (κ1) is 23.4. The molecule has 152 valence electrons. The summed E-state index contributed by atoms with van der Waals surface area (Å²) in [6.45, 7) is 2.16. The van der Waals surface area contributed by atoms with Gasteiger partial charge in [-0.25, -0.2) is 0 Å². The normalized spacial score (nSPS) is 19.5. The van der Waals surface area contributed by atoms with Crippen LogP contribution in [0.4, 0.5) is 0 Å². The number of aldehydes is 1. The topological polar surface area (TPSA) is 89.1 Å². The number of nitrogens with two attached hydrogens (primary N) is 1.